The monoisotopic (exact) mass is 630 g/mol. The van der Waals surface area contributed by atoms with Crippen LogP contribution < -0.4 is 14.7 Å². The number of ether oxygens (including phenoxy) is 1. The molecule has 0 bridgehead atoms. The van der Waals surface area contributed by atoms with E-state index in [1.165, 1.54) is 11.6 Å². The van der Waals surface area contributed by atoms with Crippen LogP contribution in [-0.4, -0.2) is 109 Å². The van der Waals surface area contributed by atoms with E-state index in [4.69, 9.17) is 14.7 Å². The highest BCUT2D eigenvalue weighted by molar-refractivity contribution is 5.87. The second kappa shape index (κ2) is 13.2. The lowest BCUT2D eigenvalue weighted by molar-refractivity contribution is -0.128. The summed E-state index contributed by atoms with van der Waals surface area (Å²) in [7, 11) is 4.20. The number of hydrogen-bond acceptors (Lipinski definition) is 9. The van der Waals surface area contributed by atoms with Crippen molar-refractivity contribution in [2.75, 3.05) is 74.7 Å². The molecule has 0 spiro atoms. The van der Waals surface area contributed by atoms with Gasteiger partial charge in [-0.1, -0.05) is 12.6 Å². The molecular formula is C35H47FN8O2. The maximum atomic E-state index is 14.4. The van der Waals surface area contributed by atoms with Crippen molar-refractivity contribution in [3.05, 3.63) is 53.5 Å². The van der Waals surface area contributed by atoms with Gasteiger partial charge >= 0.3 is 0 Å². The maximum Gasteiger partial charge on any atom is 0.246 e. The van der Waals surface area contributed by atoms with Gasteiger partial charge in [-0.15, -0.1) is 0 Å². The summed E-state index contributed by atoms with van der Waals surface area (Å²) in [4.78, 5) is 34.0. The quantitative estimate of drug-likeness (QED) is 0.386. The standard InChI is InChI=1S/C35H47FN8O2/c1-6-32(45)44-17-16-41(20-28(44)13-14-37)33-29-12-11-27(43-15-7-8-25-9-10-26(36)18-31(25)43)19-30(29)38-34(39-33)42-21-35(22-42,40(4)5)23-46-24(2)3/h6,9-10,18,24,27-28H,1,7-8,11-13,15-17,19-23H2,2-5H3/t27-,28+/m1/s1. The molecule has 1 aromatic heterocycles. The van der Waals surface area contributed by atoms with E-state index >= 15 is 0 Å². The van der Waals surface area contributed by atoms with Crippen LogP contribution in [0.2, 0.25) is 0 Å². The molecule has 2 atom stereocenters. The first-order chi connectivity index (χ1) is 22.1. The molecule has 2 saturated heterocycles. The first-order valence-corrected chi connectivity index (χ1v) is 16.7. The molecule has 0 unspecified atom stereocenters. The first kappa shape index (κ1) is 32.2. The lowest BCUT2D eigenvalue weighted by atomic mass is 9.88. The van der Waals surface area contributed by atoms with E-state index in [0.29, 0.717) is 32.2 Å². The zero-order valence-corrected chi connectivity index (χ0v) is 27.7. The van der Waals surface area contributed by atoms with Crippen LogP contribution in [0.15, 0.2) is 30.9 Å². The minimum absolute atomic E-state index is 0.123. The summed E-state index contributed by atoms with van der Waals surface area (Å²) in [5, 5.41) is 9.60. The van der Waals surface area contributed by atoms with Gasteiger partial charge in [-0.05, 0) is 77.4 Å². The van der Waals surface area contributed by atoms with E-state index in [9.17, 15) is 14.4 Å². The van der Waals surface area contributed by atoms with Crippen LogP contribution in [0.25, 0.3) is 0 Å². The molecule has 1 aromatic carbocycles. The van der Waals surface area contributed by atoms with Gasteiger partial charge in [-0.25, -0.2) is 9.37 Å². The number of likely N-dealkylation sites (N-methyl/N-ethyl adjacent to an activating group) is 1. The zero-order valence-electron chi connectivity index (χ0n) is 27.7. The van der Waals surface area contributed by atoms with Crippen LogP contribution in [0.1, 0.15) is 49.9 Å². The molecule has 0 saturated carbocycles. The Morgan fingerprint density at radius 3 is 2.74 bits per heavy atom. The Labute approximate surface area is 272 Å². The molecule has 6 rings (SSSR count). The van der Waals surface area contributed by atoms with Gasteiger partial charge in [-0.2, -0.15) is 10.2 Å². The van der Waals surface area contributed by atoms with E-state index in [0.717, 1.165) is 74.5 Å². The molecule has 10 nitrogen and oxygen atoms in total. The number of rotatable bonds is 9. The number of amides is 1. The van der Waals surface area contributed by atoms with Gasteiger partial charge in [0.25, 0.3) is 0 Å². The number of nitrogens with zero attached hydrogens (tertiary/aromatic N) is 8. The van der Waals surface area contributed by atoms with Crippen molar-refractivity contribution in [1.82, 2.24) is 19.8 Å². The largest absolute Gasteiger partial charge is 0.377 e. The van der Waals surface area contributed by atoms with Crippen molar-refractivity contribution in [3.8, 4) is 6.07 Å². The van der Waals surface area contributed by atoms with E-state index < -0.39 is 0 Å². The van der Waals surface area contributed by atoms with Crippen LogP contribution in [0.3, 0.4) is 0 Å². The predicted octanol–water partition coefficient (Wildman–Crippen LogP) is 3.59. The molecule has 3 aliphatic heterocycles. The average molecular weight is 631 g/mol. The zero-order chi connectivity index (χ0) is 32.6. The molecule has 46 heavy (non-hydrogen) atoms. The normalized spacial score (nSPS) is 22.3. The number of fused-ring (bicyclic) bond motifs is 2. The Hall–Kier alpha value is -3.75. The van der Waals surface area contributed by atoms with Gasteiger partial charge in [0.2, 0.25) is 11.9 Å². The lowest BCUT2D eigenvalue weighted by Gasteiger charge is -2.54. The van der Waals surface area contributed by atoms with Crippen molar-refractivity contribution in [2.45, 2.75) is 76.1 Å². The Morgan fingerprint density at radius 2 is 2.02 bits per heavy atom. The molecule has 1 aliphatic carbocycles. The van der Waals surface area contributed by atoms with Crippen LogP contribution in [0.4, 0.5) is 21.8 Å². The maximum absolute atomic E-state index is 14.4. The van der Waals surface area contributed by atoms with Crippen LogP contribution in [0.5, 0.6) is 0 Å². The second-order valence-electron chi connectivity index (χ2n) is 13.8. The van der Waals surface area contributed by atoms with Crippen molar-refractivity contribution in [2.24, 2.45) is 0 Å². The molecule has 11 heteroatoms. The van der Waals surface area contributed by atoms with Gasteiger partial charge in [0.15, 0.2) is 0 Å². The first-order valence-electron chi connectivity index (χ1n) is 16.7. The van der Waals surface area contributed by atoms with Crippen LogP contribution in [-0.2, 0) is 28.8 Å². The Balaban J connectivity index is 1.33. The van der Waals surface area contributed by atoms with Gasteiger partial charge in [-0.3, -0.25) is 9.69 Å². The number of benzene rings is 1. The average Bonchev–Trinajstić information content (AvgIpc) is 3.02. The number of aryl methyl sites for hydroxylation is 1. The number of carbonyl (C=O) groups excluding carboxylic acids is 1. The number of piperazine rings is 1. The van der Waals surface area contributed by atoms with Crippen molar-refractivity contribution in [3.63, 3.8) is 0 Å². The predicted molar refractivity (Wildman–Crippen MR) is 178 cm³/mol. The van der Waals surface area contributed by atoms with Crippen molar-refractivity contribution < 1.29 is 13.9 Å². The number of aromatic nitrogens is 2. The summed E-state index contributed by atoms with van der Waals surface area (Å²) in [5.41, 5.74) is 4.30. The third-order valence-electron chi connectivity index (χ3n) is 10.3. The molecule has 2 fully saturated rings. The Kier molecular flexibility index (Phi) is 9.22. The van der Waals surface area contributed by atoms with Gasteiger partial charge in [0.1, 0.15) is 11.6 Å². The molecule has 1 amide bonds. The molecule has 4 heterocycles. The second-order valence-corrected chi connectivity index (χ2v) is 13.8. The fraction of sp³-hybridized carbons (Fsp3) is 0.600. The van der Waals surface area contributed by atoms with Crippen molar-refractivity contribution in [1.29, 1.82) is 5.26 Å². The van der Waals surface area contributed by atoms with Crippen molar-refractivity contribution >= 4 is 23.4 Å². The van der Waals surface area contributed by atoms with Crippen LogP contribution >= 0.6 is 0 Å². The summed E-state index contributed by atoms with van der Waals surface area (Å²) in [5.74, 6) is 1.29. The number of halogens is 1. The van der Waals surface area contributed by atoms with E-state index in [2.05, 4.69) is 60.2 Å². The third kappa shape index (κ3) is 6.17. The summed E-state index contributed by atoms with van der Waals surface area (Å²) >= 11 is 0. The fourth-order valence-electron chi connectivity index (χ4n) is 7.56. The highest BCUT2D eigenvalue weighted by Crippen LogP contribution is 2.39. The SMILES string of the molecule is C=CC(=O)N1CCN(c2nc(N3CC(COC(C)C)(N(C)C)C3)nc3c2CC[C@@H](N2CCCc4ccc(F)cc42)C3)C[C@@H]1CC#N. The number of anilines is 3. The van der Waals surface area contributed by atoms with Gasteiger partial charge in [0.05, 0.1) is 42.5 Å². The Bertz CT molecular complexity index is 1500. The lowest BCUT2D eigenvalue weighted by Crippen LogP contribution is -2.71. The molecule has 0 N–H and O–H groups in total. The van der Waals surface area contributed by atoms with Crippen LogP contribution in [0, 0.1) is 17.1 Å². The highest BCUT2D eigenvalue weighted by atomic mass is 19.1. The van der Waals surface area contributed by atoms with E-state index in [1.54, 1.807) is 17.0 Å². The molecule has 2 aromatic rings. The number of nitriles is 1. The summed E-state index contributed by atoms with van der Waals surface area (Å²) in [6, 6.07) is 7.45. The third-order valence-corrected chi connectivity index (χ3v) is 10.3. The summed E-state index contributed by atoms with van der Waals surface area (Å²) < 4.78 is 20.5. The molecular weight excluding hydrogens is 583 g/mol. The summed E-state index contributed by atoms with van der Waals surface area (Å²) in [6.45, 7) is 12.5. The molecule has 246 valence electrons. The minimum atomic E-state index is -0.243. The fourth-order valence-corrected chi connectivity index (χ4v) is 7.56. The summed E-state index contributed by atoms with van der Waals surface area (Å²) in [6.07, 6.45) is 6.25. The van der Waals surface area contributed by atoms with Gasteiger partial charge in [0, 0.05) is 63.0 Å². The highest BCUT2D eigenvalue weighted by Gasteiger charge is 2.47. The minimum Gasteiger partial charge on any atom is -0.377 e. The van der Waals surface area contributed by atoms with E-state index in [-0.39, 0.29) is 41.9 Å². The van der Waals surface area contributed by atoms with E-state index in [1.807, 2.05) is 6.07 Å². The topological polar surface area (TPSA) is 92.1 Å². The smallest absolute Gasteiger partial charge is 0.246 e. The Morgan fingerprint density at radius 1 is 1.22 bits per heavy atom. The van der Waals surface area contributed by atoms with Gasteiger partial charge < -0.3 is 24.3 Å². The molecule has 4 aliphatic rings. The number of carbonyl (C=O) groups is 1. The molecule has 0 radical (unpaired) electrons. The number of hydrogen-bond donors (Lipinski definition) is 0.